The highest BCUT2D eigenvalue weighted by Crippen LogP contribution is 2.19. The molecule has 0 spiro atoms. The number of carbonyl (C=O) groups excluding carboxylic acids is 1. The number of ether oxygens (including phenoxy) is 1. The first-order valence-corrected chi connectivity index (χ1v) is 7.02. The molecule has 0 aliphatic rings. The van der Waals surface area contributed by atoms with Crippen LogP contribution in [-0.2, 0) is 6.42 Å². The molecule has 0 heterocycles. The van der Waals surface area contributed by atoms with Crippen molar-refractivity contribution in [2.24, 2.45) is 0 Å². The third kappa shape index (κ3) is 4.91. The Morgan fingerprint density at radius 2 is 1.89 bits per heavy atom. The van der Waals surface area contributed by atoms with Crippen LogP contribution in [0.4, 0.5) is 0 Å². The summed E-state index contributed by atoms with van der Waals surface area (Å²) in [6.07, 6.45) is 7.92. The molecular formula is C16H24O2. The molecule has 0 aromatic heterocycles. The Kier molecular flexibility index (Phi) is 7.16. The summed E-state index contributed by atoms with van der Waals surface area (Å²) >= 11 is 0. The van der Waals surface area contributed by atoms with Gasteiger partial charge in [-0.25, -0.2) is 0 Å². The summed E-state index contributed by atoms with van der Waals surface area (Å²) in [7, 11) is 0. The van der Waals surface area contributed by atoms with Gasteiger partial charge in [-0.1, -0.05) is 45.6 Å². The number of hydrogen-bond acceptors (Lipinski definition) is 2. The van der Waals surface area contributed by atoms with Crippen LogP contribution in [0, 0.1) is 0 Å². The lowest BCUT2D eigenvalue weighted by Gasteiger charge is -2.09. The van der Waals surface area contributed by atoms with Crippen LogP contribution >= 0.6 is 0 Å². The lowest BCUT2D eigenvalue weighted by Crippen LogP contribution is -2.00. The largest absolute Gasteiger partial charge is 0.493 e. The lowest BCUT2D eigenvalue weighted by molar-refractivity contribution is 0.111. The molecule has 0 aliphatic carbocycles. The van der Waals surface area contributed by atoms with Crippen molar-refractivity contribution in [2.45, 2.75) is 52.4 Å². The van der Waals surface area contributed by atoms with E-state index in [1.165, 1.54) is 31.2 Å². The molecule has 0 radical (unpaired) electrons. The zero-order valence-electron chi connectivity index (χ0n) is 11.6. The predicted octanol–water partition coefficient (Wildman–Crippen LogP) is 4.41. The second-order valence-corrected chi connectivity index (χ2v) is 4.61. The Bertz CT molecular complexity index is 358. The smallest absolute Gasteiger partial charge is 0.153 e. The van der Waals surface area contributed by atoms with Crippen molar-refractivity contribution in [3.63, 3.8) is 0 Å². The molecule has 0 saturated carbocycles. The van der Waals surface area contributed by atoms with Gasteiger partial charge in [0.1, 0.15) is 5.75 Å². The van der Waals surface area contributed by atoms with E-state index in [0.29, 0.717) is 12.2 Å². The van der Waals surface area contributed by atoms with Crippen molar-refractivity contribution < 1.29 is 9.53 Å². The third-order valence-electron chi connectivity index (χ3n) is 3.11. The number of aldehydes is 1. The fraction of sp³-hybridized carbons (Fsp3) is 0.562. The molecule has 18 heavy (non-hydrogen) atoms. The number of rotatable bonds is 9. The first-order chi connectivity index (χ1) is 8.81. The number of benzene rings is 1. The minimum atomic E-state index is 0.669. The Balaban J connectivity index is 2.39. The van der Waals surface area contributed by atoms with E-state index in [9.17, 15) is 4.79 Å². The van der Waals surface area contributed by atoms with Crippen LogP contribution in [0.5, 0.6) is 5.75 Å². The van der Waals surface area contributed by atoms with E-state index in [-0.39, 0.29) is 0 Å². The average Bonchev–Trinajstić information content (AvgIpc) is 2.42. The van der Waals surface area contributed by atoms with Gasteiger partial charge >= 0.3 is 0 Å². The van der Waals surface area contributed by atoms with Gasteiger partial charge < -0.3 is 4.74 Å². The molecule has 0 aliphatic heterocycles. The standard InChI is InChI=1S/C16H24O2/c1-3-5-6-7-8-11-18-16-10-9-14(4-2)12-15(16)13-17/h9-10,12-13H,3-8,11H2,1-2H3. The van der Waals surface area contributed by atoms with Gasteiger partial charge in [-0.2, -0.15) is 0 Å². The third-order valence-corrected chi connectivity index (χ3v) is 3.11. The number of carbonyl (C=O) groups is 1. The van der Waals surface area contributed by atoms with Crippen LogP contribution in [0.15, 0.2) is 18.2 Å². The monoisotopic (exact) mass is 248 g/mol. The molecule has 0 bridgehead atoms. The number of hydrogen-bond donors (Lipinski definition) is 0. The zero-order chi connectivity index (χ0) is 13.2. The van der Waals surface area contributed by atoms with Gasteiger partial charge in [-0.15, -0.1) is 0 Å². The highest BCUT2D eigenvalue weighted by atomic mass is 16.5. The molecule has 0 fully saturated rings. The summed E-state index contributed by atoms with van der Waals surface area (Å²) in [4.78, 5) is 11.0. The summed E-state index contributed by atoms with van der Waals surface area (Å²) in [5.41, 5.74) is 1.84. The first-order valence-electron chi connectivity index (χ1n) is 7.02. The summed E-state index contributed by atoms with van der Waals surface area (Å²) in [6.45, 7) is 5.00. The molecule has 0 unspecified atom stereocenters. The second kappa shape index (κ2) is 8.73. The SMILES string of the molecule is CCCCCCCOc1ccc(CC)cc1C=O. The fourth-order valence-electron chi connectivity index (χ4n) is 1.93. The van der Waals surface area contributed by atoms with Crippen LogP contribution in [0.2, 0.25) is 0 Å². The zero-order valence-corrected chi connectivity index (χ0v) is 11.6. The summed E-state index contributed by atoms with van der Waals surface area (Å²) in [5, 5.41) is 0. The quantitative estimate of drug-likeness (QED) is 0.478. The van der Waals surface area contributed by atoms with Gasteiger partial charge in [0.2, 0.25) is 0 Å². The van der Waals surface area contributed by atoms with E-state index >= 15 is 0 Å². The van der Waals surface area contributed by atoms with E-state index in [1.807, 2.05) is 18.2 Å². The van der Waals surface area contributed by atoms with Gasteiger partial charge in [0.25, 0.3) is 0 Å². The van der Waals surface area contributed by atoms with Gasteiger partial charge in [0, 0.05) is 0 Å². The van der Waals surface area contributed by atoms with Gasteiger partial charge in [-0.05, 0) is 30.5 Å². The maximum Gasteiger partial charge on any atom is 0.153 e. The van der Waals surface area contributed by atoms with Gasteiger partial charge in [-0.3, -0.25) is 4.79 Å². The maximum atomic E-state index is 11.0. The molecule has 0 amide bonds. The topological polar surface area (TPSA) is 26.3 Å². The maximum absolute atomic E-state index is 11.0. The van der Waals surface area contributed by atoms with Gasteiger partial charge in [0.05, 0.1) is 12.2 Å². The molecule has 100 valence electrons. The molecule has 1 rings (SSSR count). The Labute approximate surface area is 110 Å². The molecule has 2 heteroatoms. The van der Waals surface area contributed by atoms with Crippen molar-refractivity contribution in [1.29, 1.82) is 0 Å². The highest BCUT2D eigenvalue weighted by Gasteiger charge is 2.03. The highest BCUT2D eigenvalue weighted by molar-refractivity contribution is 5.79. The van der Waals surface area contributed by atoms with Crippen LogP contribution < -0.4 is 4.74 Å². The summed E-state index contributed by atoms with van der Waals surface area (Å²) in [6, 6.07) is 5.85. The molecule has 0 saturated heterocycles. The average molecular weight is 248 g/mol. The first kappa shape index (κ1) is 14.7. The van der Waals surface area contributed by atoms with Gasteiger partial charge in [0.15, 0.2) is 6.29 Å². The second-order valence-electron chi connectivity index (χ2n) is 4.61. The minimum Gasteiger partial charge on any atom is -0.493 e. The van der Waals surface area contributed by atoms with Crippen LogP contribution in [-0.4, -0.2) is 12.9 Å². The molecule has 1 aromatic carbocycles. The van der Waals surface area contributed by atoms with E-state index < -0.39 is 0 Å². The van der Waals surface area contributed by atoms with Crippen molar-refractivity contribution in [2.75, 3.05) is 6.61 Å². The Hall–Kier alpha value is -1.31. The fourth-order valence-corrected chi connectivity index (χ4v) is 1.93. The van der Waals surface area contributed by atoms with Crippen molar-refractivity contribution in [3.05, 3.63) is 29.3 Å². The summed E-state index contributed by atoms with van der Waals surface area (Å²) < 4.78 is 5.68. The van der Waals surface area contributed by atoms with Crippen molar-refractivity contribution in [3.8, 4) is 5.75 Å². The molecular weight excluding hydrogens is 224 g/mol. The normalized spacial score (nSPS) is 10.3. The molecule has 0 N–H and O–H groups in total. The molecule has 1 aromatic rings. The van der Waals surface area contributed by atoms with E-state index in [2.05, 4.69) is 13.8 Å². The minimum absolute atomic E-state index is 0.669. The van der Waals surface area contributed by atoms with E-state index in [4.69, 9.17) is 4.74 Å². The predicted molar refractivity (Wildman–Crippen MR) is 75.5 cm³/mol. The van der Waals surface area contributed by atoms with Crippen molar-refractivity contribution >= 4 is 6.29 Å². The van der Waals surface area contributed by atoms with Crippen LogP contribution in [0.1, 0.15) is 61.9 Å². The lowest BCUT2D eigenvalue weighted by atomic mass is 10.1. The van der Waals surface area contributed by atoms with Crippen molar-refractivity contribution in [1.82, 2.24) is 0 Å². The van der Waals surface area contributed by atoms with E-state index in [1.54, 1.807) is 0 Å². The van der Waals surface area contributed by atoms with E-state index in [0.717, 1.165) is 24.9 Å². The summed E-state index contributed by atoms with van der Waals surface area (Å²) in [5.74, 6) is 0.720. The molecule has 2 nitrogen and oxygen atoms in total. The Morgan fingerprint density at radius 1 is 1.11 bits per heavy atom. The number of unbranched alkanes of at least 4 members (excludes halogenated alkanes) is 4. The van der Waals surface area contributed by atoms with Crippen LogP contribution in [0.3, 0.4) is 0 Å². The van der Waals surface area contributed by atoms with Crippen LogP contribution in [0.25, 0.3) is 0 Å². The number of aryl methyl sites for hydroxylation is 1. The molecule has 0 atom stereocenters. The Morgan fingerprint density at radius 3 is 2.56 bits per heavy atom.